The molecule has 1 aliphatic rings. The van der Waals surface area contributed by atoms with Crippen LogP contribution in [0.1, 0.15) is 34.2 Å². The van der Waals surface area contributed by atoms with Gasteiger partial charge in [0.2, 0.25) is 0 Å². The first-order valence-corrected chi connectivity index (χ1v) is 7.95. The fraction of sp³-hybridized carbons (Fsp3) is 0.389. The minimum atomic E-state index is -0.224. The number of aryl methyl sites for hydroxylation is 2. The number of nitrogens with one attached hydrogen (secondary N) is 1. The van der Waals surface area contributed by atoms with Gasteiger partial charge in [-0.15, -0.1) is 0 Å². The molecule has 1 amide bonds. The Morgan fingerprint density at radius 1 is 1.33 bits per heavy atom. The van der Waals surface area contributed by atoms with E-state index in [-0.39, 0.29) is 29.8 Å². The van der Waals surface area contributed by atoms with E-state index >= 15 is 0 Å². The molecule has 0 radical (unpaired) electrons. The summed E-state index contributed by atoms with van der Waals surface area (Å²) >= 11 is 0. The number of rotatable bonds is 5. The van der Waals surface area contributed by atoms with Crippen molar-refractivity contribution in [1.29, 1.82) is 0 Å². The summed E-state index contributed by atoms with van der Waals surface area (Å²) in [4.78, 5) is 24.4. The average molecular weight is 327 g/mol. The number of aromatic nitrogens is 2. The number of amides is 1. The van der Waals surface area contributed by atoms with Crippen molar-refractivity contribution >= 4 is 11.9 Å². The zero-order chi connectivity index (χ0) is 17.3. The Labute approximate surface area is 140 Å². The van der Waals surface area contributed by atoms with E-state index in [1.165, 1.54) is 7.11 Å². The van der Waals surface area contributed by atoms with Crippen LogP contribution in [0.25, 0.3) is 0 Å². The molecule has 1 heterocycles. The van der Waals surface area contributed by atoms with Gasteiger partial charge in [0.1, 0.15) is 5.69 Å². The molecule has 3 atom stereocenters. The summed E-state index contributed by atoms with van der Waals surface area (Å²) < 4.78 is 6.40. The molecule has 1 fully saturated rings. The summed E-state index contributed by atoms with van der Waals surface area (Å²) in [5, 5.41) is 7.28. The number of benzene rings is 1. The van der Waals surface area contributed by atoms with Crippen molar-refractivity contribution in [2.45, 2.75) is 19.4 Å². The highest BCUT2D eigenvalue weighted by molar-refractivity contribution is 5.93. The molecule has 0 bridgehead atoms. The summed E-state index contributed by atoms with van der Waals surface area (Å²) in [7, 11) is 3.14. The zero-order valence-electron chi connectivity index (χ0n) is 14.0. The lowest BCUT2D eigenvalue weighted by Crippen LogP contribution is -2.32. The predicted molar refractivity (Wildman–Crippen MR) is 88.2 cm³/mol. The fourth-order valence-corrected chi connectivity index (χ4v) is 3.14. The number of nitrogens with zero attached hydrogens (tertiary/aromatic N) is 2. The highest BCUT2D eigenvalue weighted by Gasteiger charge is 2.49. The average Bonchev–Trinajstić information content (AvgIpc) is 3.30. The molecule has 1 aromatic heterocycles. The van der Waals surface area contributed by atoms with Gasteiger partial charge in [-0.2, -0.15) is 5.10 Å². The van der Waals surface area contributed by atoms with E-state index in [4.69, 9.17) is 4.74 Å². The van der Waals surface area contributed by atoms with Crippen LogP contribution in [0.15, 0.2) is 36.4 Å². The Balaban J connectivity index is 1.82. The molecule has 3 rings (SSSR count). The number of hydrogen-bond donors (Lipinski definition) is 1. The van der Waals surface area contributed by atoms with E-state index in [9.17, 15) is 9.59 Å². The maximum absolute atomic E-state index is 12.7. The highest BCUT2D eigenvalue weighted by atomic mass is 16.5. The largest absolute Gasteiger partial charge is 0.469 e. The van der Waals surface area contributed by atoms with Crippen LogP contribution in [0.3, 0.4) is 0 Å². The second-order valence-electron chi connectivity index (χ2n) is 6.19. The predicted octanol–water partition coefficient (Wildman–Crippen LogP) is 2.01. The van der Waals surface area contributed by atoms with Crippen molar-refractivity contribution in [3.8, 4) is 0 Å². The van der Waals surface area contributed by atoms with Crippen LogP contribution in [0, 0.1) is 18.8 Å². The second-order valence-corrected chi connectivity index (χ2v) is 6.19. The van der Waals surface area contributed by atoms with Crippen LogP contribution in [0.4, 0.5) is 0 Å². The van der Waals surface area contributed by atoms with Crippen molar-refractivity contribution in [2.24, 2.45) is 18.9 Å². The maximum Gasteiger partial charge on any atom is 0.309 e. The van der Waals surface area contributed by atoms with Crippen molar-refractivity contribution in [2.75, 3.05) is 7.11 Å². The minimum absolute atomic E-state index is 0.0538. The lowest BCUT2D eigenvalue weighted by Gasteiger charge is -2.19. The van der Waals surface area contributed by atoms with E-state index in [2.05, 4.69) is 10.4 Å². The summed E-state index contributed by atoms with van der Waals surface area (Å²) in [6.07, 6.45) is 0.719. The lowest BCUT2D eigenvalue weighted by atomic mass is 10.0. The van der Waals surface area contributed by atoms with E-state index in [0.717, 1.165) is 17.7 Å². The molecule has 1 saturated carbocycles. The third-order valence-electron chi connectivity index (χ3n) is 4.45. The van der Waals surface area contributed by atoms with Crippen molar-refractivity contribution in [3.63, 3.8) is 0 Å². The van der Waals surface area contributed by atoms with Gasteiger partial charge in [-0.25, -0.2) is 0 Å². The topological polar surface area (TPSA) is 73.2 Å². The Morgan fingerprint density at radius 3 is 2.62 bits per heavy atom. The third kappa shape index (κ3) is 3.18. The summed E-state index contributed by atoms with van der Waals surface area (Å²) in [5.74, 6) is -0.513. The Hall–Kier alpha value is -2.63. The molecule has 1 aromatic carbocycles. The van der Waals surface area contributed by atoms with Crippen molar-refractivity contribution in [3.05, 3.63) is 53.3 Å². The van der Waals surface area contributed by atoms with Crippen LogP contribution >= 0.6 is 0 Å². The molecule has 126 valence electrons. The molecular weight excluding hydrogens is 306 g/mol. The minimum Gasteiger partial charge on any atom is -0.469 e. The molecule has 0 spiro atoms. The number of carbonyl (C=O) groups is 2. The van der Waals surface area contributed by atoms with Gasteiger partial charge in [0.05, 0.1) is 24.8 Å². The molecule has 0 aliphatic heterocycles. The van der Waals surface area contributed by atoms with E-state index in [1.807, 2.05) is 37.3 Å². The standard InChI is InChI=1S/C18H21N3O3/c1-11-9-15(21(2)20-11)17(22)19-16(12-7-5-4-6-8-12)13-10-14(13)18(23)24-3/h4-9,13-14,16H,10H2,1-3H3,(H,19,22)/t13-,14-,16+/m0/s1. The maximum atomic E-state index is 12.7. The first-order chi connectivity index (χ1) is 11.5. The molecule has 24 heavy (non-hydrogen) atoms. The summed E-state index contributed by atoms with van der Waals surface area (Å²) in [6, 6.07) is 11.2. The SMILES string of the molecule is COC(=O)[C@H]1C[C@@H]1[C@H](NC(=O)c1cc(C)nn1C)c1ccccc1. The monoisotopic (exact) mass is 327 g/mol. The Bertz CT molecular complexity index is 754. The molecule has 2 aromatic rings. The number of carbonyl (C=O) groups excluding carboxylic acids is 2. The first-order valence-electron chi connectivity index (χ1n) is 7.95. The molecule has 0 saturated heterocycles. The van der Waals surface area contributed by atoms with Gasteiger partial charge in [-0.3, -0.25) is 14.3 Å². The van der Waals surface area contributed by atoms with Gasteiger partial charge in [0, 0.05) is 7.05 Å². The van der Waals surface area contributed by atoms with Crippen molar-refractivity contribution in [1.82, 2.24) is 15.1 Å². The summed E-state index contributed by atoms with van der Waals surface area (Å²) in [6.45, 7) is 1.85. The number of ether oxygens (including phenoxy) is 1. The fourth-order valence-electron chi connectivity index (χ4n) is 3.14. The smallest absolute Gasteiger partial charge is 0.309 e. The van der Waals surface area contributed by atoms with Crippen molar-refractivity contribution < 1.29 is 14.3 Å². The molecule has 0 unspecified atom stereocenters. The molecular formula is C18H21N3O3. The first kappa shape index (κ1) is 16.2. The lowest BCUT2D eigenvalue weighted by molar-refractivity contribution is -0.142. The van der Waals surface area contributed by atoms with Crippen LogP contribution < -0.4 is 5.32 Å². The van der Waals surface area contributed by atoms with Gasteiger partial charge >= 0.3 is 5.97 Å². The van der Waals surface area contributed by atoms with Gasteiger partial charge in [-0.1, -0.05) is 30.3 Å². The van der Waals surface area contributed by atoms with Crippen LogP contribution in [0.2, 0.25) is 0 Å². The molecule has 1 aliphatic carbocycles. The Morgan fingerprint density at radius 2 is 2.04 bits per heavy atom. The molecule has 1 N–H and O–H groups in total. The normalized spacial score (nSPS) is 20.3. The number of methoxy groups -OCH3 is 1. The zero-order valence-corrected chi connectivity index (χ0v) is 14.0. The second kappa shape index (κ2) is 6.47. The number of hydrogen-bond acceptors (Lipinski definition) is 4. The molecule has 6 heteroatoms. The van der Waals surface area contributed by atoms with E-state index in [1.54, 1.807) is 17.8 Å². The third-order valence-corrected chi connectivity index (χ3v) is 4.45. The summed E-state index contributed by atoms with van der Waals surface area (Å²) in [5.41, 5.74) is 2.28. The van der Waals surface area contributed by atoms with E-state index < -0.39 is 0 Å². The van der Waals surface area contributed by atoms with Gasteiger partial charge in [0.25, 0.3) is 5.91 Å². The highest BCUT2D eigenvalue weighted by Crippen LogP contribution is 2.48. The number of esters is 1. The quantitative estimate of drug-likeness (QED) is 0.853. The Kier molecular flexibility index (Phi) is 4.38. The molecule has 6 nitrogen and oxygen atoms in total. The van der Waals surface area contributed by atoms with Crippen LogP contribution in [0.5, 0.6) is 0 Å². The van der Waals surface area contributed by atoms with Crippen LogP contribution in [-0.4, -0.2) is 28.8 Å². The van der Waals surface area contributed by atoms with Gasteiger partial charge in [0.15, 0.2) is 0 Å². The van der Waals surface area contributed by atoms with Gasteiger partial charge < -0.3 is 10.1 Å². The van der Waals surface area contributed by atoms with Gasteiger partial charge in [-0.05, 0) is 30.9 Å². The van der Waals surface area contributed by atoms with E-state index in [0.29, 0.717) is 5.69 Å². The van der Waals surface area contributed by atoms with Crippen LogP contribution in [-0.2, 0) is 16.6 Å².